The Hall–Kier alpha value is -0.390. The van der Waals surface area contributed by atoms with Crippen molar-refractivity contribution in [3.63, 3.8) is 0 Å². The number of rotatable bonds is 1. The van der Waals surface area contributed by atoms with E-state index in [9.17, 15) is 0 Å². The fourth-order valence-corrected chi connectivity index (χ4v) is 2.18. The van der Waals surface area contributed by atoms with Gasteiger partial charge in [0.25, 0.3) is 0 Å². The quantitative estimate of drug-likeness (QED) is 0.789. The lowest BCUT2D eigenvalue weighted by Gasteiger charge is -2.17. The Morgan fingerprint density at radius 1 is 1.36 bits per heavy atom. The second-order valence-electron chi connectivity index (χ2n) is 3.21. The maximum Gasteiger partial charge on any atom is 0.205 e. The highest BCUT2D eigenvalue weighted by Gasteiger charge is 2.12. The van der Waals surface area contributed by atoms with Gasteiger partial charge in [0.1, 0.15) is 5.82 Å². The molecule has 0 unspecified atom stereocenters. The number of halogens is 1. The van der Waals surface area contributed by atoms with E-state index in [0.29, 0.717) is 0 Å². The molecule has 0 atom stereocenters. The summed E-state index contributed by atoms with van der Waals surface area (Å²) in [4.78, 5) is 6.69. The molecule has 1 saturated heterocycles. The van der Waals surface area contributed by atoms with Crippen molar-refractivity contribution in [2.24, 2.45) is 0 Å². The number of nitrogens with zero attached hydrogens (tertiary/aromatic N) is 3. The van der Waals surface area contributed by atoms with Crippen molar-refractivity contribution in [2.45, 2.75) is 13.3 Å². The summed E-state index contributed by atoms with van der Waals surface area (Å²) in [6.45, 7) is 6.26. The van der Waals surface area contributed by atoms with Crippen LogP contribution in [-0.2, 0) is 0 Å². The second-order valence-corrected chi connectivity index (χ2v) is 3.95. The lowest BCUT2D eigenvalue weighted by molar-refractivity contribution is 0.724. The van der Waals surface area contributed by atoms with Crippen LogP contribution in [0.4, 0.5) is 5.13 Å². The van der Waals surface area contributed by atoms with Crippen molar-refractivity contribution in [3.05, 3.63) is 5.82 Å². The molecule has 4 nitrogen and oxygen atoms in total. The van der Waals surface area contributed by atoms with Gasteiger partial charge in [0.05, 0.1) is 0 Å². The van der Waals surface area contributed by atoms with Crippen molar-refractivity contribution in [1.29, 1.82) is 0 Å². The van der Waals surface area contributed by atoms with Crippen molar-refractivity contribution in [1.82, 2.24) is 14.7 Å². The van der Waals surface area contributed by atoms with E-state index in [0.717, 1.165) is 37.1 Å². The average Bonchev–Trinajstić information content (AvgIpc) is 2.43. The molecule has 80 valence electrons. The summed E-state index contributed by atoms with van der Waals surface area (Å²) >= 11 is 1.50. The predicted octanol–water partition coefficient (Wildman–Crippen LogP) is 1.07. The molecule has 1 aromatic rings. The van der Waals surface area contributed by atoms with Crippen LogP contribution in [0.1, 0.15) is 12.2 Å². The van der Waals surface area contributed by atoms with Crippen LogP contribution < -0.4 is 10.2 Å². The van der Waals surface area contributed by atoms with Gasteiger partial charge in [0.2, 0.25) is 5.13 Å². The molecule has 2 heterocycles. The fourth-order valence-electron chi connectivity index (χ4n) is 1.45. The van der Waals surface area contributed by atoms with Crippen LogP contribution in [-0.4, -0.2) is 35.5 Å². The van der Waals surface area contributed by atoms with Crippen molar-refractivity contribution in [3.8, 4) is 0 Å². The first-order valence-corrected chi connectivity index (χ1v) is 5.39. The summed E-state index contributed by atoms with van der Waals surface area (Å²) in [5, 5.41) is 4.44. The normalized spacial score (nSPS) is 17.4. The largest absolute Gasteiger partial charge is 0.346 e. The van der Waals surface area contributed by atoms with Crippen LogP contribution in [0, 0.1) is 6.92 Å². The third-order valence-corrected chi connectivity index (χ3v) is 3.00. The van der Waals surface area contributed by atoms with E-state index in [4.69, 9.17) is 0 Å². The van der Waals surface area contributed by atoms with Gasteiger partial charge in [-0.15, -0.1) is 12.4 Å². The zero-order valence-corrected chi connectivity index (χ0v) is 9.83. The van der Waals surface area contributed by atoms with E-state index in [1.807, 2.05) is 6.92 Å². The molecule has 0 aliphatic carbocycles. The minimum atomic E-state index is 0. The molecular formula is C8H15ClN4S. The lowest BCUT2D eigenvalue weighted by atomic mass is 10.4. The van der Waals surface area contributed by atoms with Gasteiger partial charge in [-0.05, 0) is 19.9 Å². The maximum atomic E-state index is 4.38. The van der Waals surface area contributed by atoms with Gasteiger partial charge in [0, 0.05) is 31.2 Å². The Morgan fingerprint density at radius 3 is 2.93 bits per heavy atom. The molecule has 0 saturated carbocycles. The molecule has 0 radical (unpaired) electrons. The van der Waals surface area contributed by atoms with Gasteiger partial charge in [0.15, 0.2) is 0 Å². The summed E-state index contributed by atoms with van der Waals surface area (Å²) in [6.07, 6.45) is 1.19. The molecule has 1 aromatic heterocycles. The summed E-state index contributed by atoms with van der Waals surface area (Å²) in [7, 11) is 0. The number of aromatic nitrogens is 2. The average molecular weight is 235 g/mol. The fraction of sp³-hybridized carbons (Fsp3) is 0.750. The first kappa shape index (κ1) is 11.7. The van der Waals surface area contributed by atoms with Crippen molar-refractivity contribution >= 4 is 29.1 Å². The Balaban J connectivity index is 0.000000980. The highest BCUT2D eigenvalue weighted by atomic mass is 35.5. The molecule has 0 amide bonds. The molecule has 1 N–H and O–H groups in total. The molecule has 1 aliphatic heterocycles. The molecule has 1 aliphatic rings. The standard InChI is InChI=1S/C8H14N4S.ClH/c1-7-10-8(13-11-7)12-5-2-3-9-4-6-12;/h9H,2-6H2,1H3;1H. The van der Waals surface area contributed by atoms with Crippen LogP contribution in [0.3, 0.4) is 0 Å². The first-order chi connectivity index (χ1) is 6.36. The number of aryl methyl sites for hydroxylation is 1. The first-order valence-electron chi connectivity index (χ1n) is 4.62. The highest BCUT2D eigenvalue weighted by Crippen LogP contribution is 2.17. The van der Waals surface area contributed by atoms with Crippen LogP contribution in [0.25, 0.3) is 0 Å². The SMILES string of the molecule is Cc1nsc(N2CCCNCC2)n1.Cl. The topological polar surface area (TPSA) is 41.1 Å². The van der Waals surface area contributed by atoms with E-state index in [1.165, 1.54) is 18.0 Å². The van der Waals surface area contributed by atoms with Crippen LogP contribution in [0.15, 0.2) is 0 Å². The minimum Gasteiger partial charge on any atom is -0.346 e. The van der Waals surface area contributed by atoms with Crippen LogP contribution in [0.2, 0.25) is 0 Å². The molecule has 14 heavy (non-hydrogen) atoms. The molecule has 0 spiro atoms. The maximum absolute atomic E-state index is 4.38. The second kappa shape index (κ2) is 5.48. The molecule has 0 aromatic carbocycles. The zero-order chi connectivity index (χ0) is 9.10. The van der Waals surface area contributed by atoms with E-state index in [-0.39, 0.29) is 12.4 Å². The Morgan fingerprint density at radius 2 is 2.21 bits per heavy atom. The third kappa shape index (κ3) is 2.80. The minimum absolute atomic E-state index is 0. The smallest absolute Gasteiger partial charge is 0.205 e. The molecular weight excluding hydrogens is 220 g/mol. The van der Waals surface area contributed by atoms with Gasteiger partial charge in [-0.1, -0.05) is 0 Å². The van der Waals surface area contributed by atoms with Crippen LogP contribution in [0.5, 0.6) is 0 Å². The van der Waals surface area contributed by atoms with E-state index >= 15 is 0 Å². The predicted molar refractivity (Wildman–Crippen MR) is 61.6 cm³/mol. The van der Waals surface area contributed by atoms with Crippen molar-refractivity contribution < 1.29 is 0 Å². The van der Waals surface area contributed by atoms with Gasteiger partial charge in [-0.3, -0.25) is 0 Å². The van der Waals surface area contributed by atoms with Crippen molar-refractivity contribution in [2.75, 3.05) is 31.1 Å². The van der Waals surface area contributed by atoms with Gasteiger partial charge in [-0.2, -0.15) is 4.37 Å². The highest BCUT2D eigenvalue weighted by molar-refractivity contribution is 7.09. The number of hydrogen-bond donors (Lipinski definition) is 1. The van der Waals surface area contributed by atoms with Gasteiger partial charge >= 0.3 is 0 Å². The lowest BCUT2D eigenvalue weighted by Crippen LogP contribution is -2.27. The summed E-state index contributed by atoms with van der Waals surface area (Å²) < 4.78 is 4.19. The molecule has 1 fully saturated rings. The summed E-state index contributed by atoms with van der Waals surface area (Å²) in [6, 6.07) is 0. The molecule has 0 bridgehead atoms. The molecule has 6 heteroatoms. The number of anilines is 1. The summed E-state index contributed by atoms with van der Waals surface area (Å²) in [5.41, 5.74) is 0. The Labute approximate surface area is 94.3 Å². The number of nitrogens with one attached hydrogen (secondary N) is 1. The Bertz CT molecular complexity index is 270. The van der Waals surface area contributed by atoms with E-state index < -0.39 is 0 Å². The van der Waals surface area contributed by atoms with Crippen LogP contribution >= 0.6 is 23.9 Å². The monoisotopic (exact) mass is 234 g/mol. The zero-order valence-electron chi connectivity index (χ0n) is 8.19. The third-order valence-electron chi connectivity index (χ3n) is 2.13. The van der Waals surface area contributed by atoms with E-state index in [2.05, 4.69) is 19.6 Å². The Kier molecular flexibility index (Phi) is 4.57. The number of hydrogen-bond acceptors (Lipinski definition) is 5. The van der Waals surface area contributed by atoms with Gasteiger partial charge < -0.3 is 10.2 Å². The van der Waals surface area contributed by atoms with Gasteiger partial charge in [-0.25, -0.2) is 4.98 Å². The molecule has 2 rings (SSSR count). The van der Waals surface area contributed by atoms with E-state index in [1.54, 1.807) is 0 Å². The summed E-state index contributed by atoms with van der Waals surface area (Å²) in [5.74, 6) is 0.886.